The van der Waals surface area contributed by atoms with Crippen LogP contribution < -0.4 is 16.1 Å². The lowest BCUT2D eigenvalue weighted by molar-refractivity contribution is 0.0522. The normalized spacial score (nSPS) is 18.9. The number of rotatable bonds is 3. The Morgan fingerprint density at radius 2 is 1.91 bits per heavy atom. The molecule has 1 saturated heterocycles. The summed E-state index contributed by atoms with van der Waals surface area (Å²) in [5, 5.41) is 16.3. The predicted octanol–water partition coefficient (Wildman–Crippen LogP) is 2.10. The number of hydrogen-bond acceptors (Lipinski definition) is 5. The monoisotopic (exact) mass is 460 g/mol. The van der Waals surface area contributed by atoms with Gasteiger partial charge in [-0.2, -0.15) is 0 Å². The number of benzene rings is 1. The van der Waals surface area contributed by atoms with Crippen molar-refractivity contribution in [2.45, 2.75) is 51.4 Å². The molecule has 0 aliphatic carbocycles. The summed E-state index contributed by atoms with van der Waals surface area (Å²) in [5.74, 6) is -3.64. The fraction of sp³-hybridized carbons (Fsp3) is 0.435. The van der Waals surface area contributed by atoms with Crippen molar-refractivity contribution in [3.8, 4) is 5.75 Å². The molecular formula is C23H26F2N4O4. The maximum absolute atomic E-state index is 13.8. The smallest absolute Gasteiger partial charge is 0.275 e. The van der Waals surface area contributed by atoms with Gasteiger partial charge in [0.2, 0.25) is 5.43 Å². The summed E-state index contributed by atoms with van der Waals surface area (Å²) in [4.78, 5) is 40.1. The van der Waals surface area contributed by atoms with Crippen LogP contribution in [0.3, 0.4) is 0 Å². The van der Waals surface area contributed by atoms with E-state index in [2.05, 4.69) is 10.6 Å². The van der Waals surface area contributed by atoms with E-state index in [1.807, 2.05) is 0 Å². The summed E-state index contributed by atoms with van der Waals surface area (Å²) in [6.45, 7) is 1.23. The average Bonchev–Trinajstić information content (AvgIpc) is 2.79. The summed E-state index contributed by atoms with van der Waals surface area (Å²) in [7, 11) is 0. The summed E-state index contributed by atoms with van der Waals surface area (Å²) in [6.07, 6.45) is 5.94. The highest BCUT2D eigenvalue weighted by atomic mass is 19.1. The summed E-state index contributed by atoms with van der Waals surface area (Å²) in [5.41, 5.74) is -1.43. The molecule has 33 heavy (non-hydrogen) atoms. The summed E-state index contributed by atoms with van der Waals surface area (Å²) in [6, 6.07) is 2.96. The highest BCUT2D eigenvalue weighted by Gasteiger charge is 2.36. The maximum atomic E-state index is 13.8. The van der Waals surface area contributed by atoms with Gasteiger partial charge >= 0.3 is 0 Å². The second-order valence-corrected chi connectivity index (χ2v) is 8.38. The lowest BCUT2D eigenvalue weighted by atomic mass is 10.1. The fourth-order valence-electron chi connectivity index (χ4n) is 4.32. The molecule has 10 heteroatoms. The van der Waals surface area contributed by atoms with Crippen LogP contribution >= 0.6 is 0 Å². The van der Waals surface area contributed by atoms with E-state index in [1.165, 1.54) is 16.8 Å². The number of hydrogen-bond donors (Lipinski definition) is 3. The minimum Gasteiger partial charge on any atom is -0.503 e. The largest absolute Gasteiger partial charge is 0.503 e. The van der Waals surface area contributed by atoms with Gasteiger partial charge in [-0.3, -0.25) is 19.7 Å². The number of nitrogens with one attached hydrogen (secondary N) is 2. The number of pyridine rings is 1. The van der Waals surface area contributed by atoms with E-state index in [0.29, 0.717) is 12.6 Å². The SMILES string of the molecule is O=C(NCc1ccc(F)cc1F)c1cn2c(c(O)c1=O)C(=O)N1CCCCCCCN[C@H]1C2. The highest BCUT2D eigenvalue weighted by Crippen LogP contribution is 2.24. The molecule has 0 spiro atoms. The Hall–Kier alpha value is -3.27. The highest BCUT2D eigenvalue weighted by molar-refractivity contribution is 5.99. The molecular weight excluding hydrogens is 434 g/mol. The van der Waals surface area contributed by atoms with Gasteiger partial charge in [0.25, 0.3) is 11.8 Å². The molecule has 2 aromatic rings. The lowest BCUT2D eigenvalue weighted by Crippen LogP contribution is -2.56. The first-order valence-corrected chi connectivity index (χ1v) is 11.1. The van der Waals surface area contributed by atoms with Gasteiger partial charge in [-0.1, -0.05) is 25.3 Å². The summed E-state index contributed by atoms with van der Waals surface area (Å²) >= 11 is 0. The molecule has 176 valence electrons. The van der Waals surface area contributed by atoms with Crippen molar-refractivity contribution in [1.82, 2.24) is 20.1 Å². The topological polar surface area (TPSA) is 104 Å². The molecule has 1 atom stereocenters. The van der Waals surface area contributed by atoms with Gasteiger partial charge < -0.3 is 19.9 Å². The molecule has 0 saturated carbocycles. The van der Waals surface area contributed by atoms with Crippen LogP contribution in [0, 0.1) is 11.6 Å². The molecule has 3 N–H and O–H groups in total. The van der Waals surface area contributed by atoms with Gasteiger partial charge in [0.15, 0.2) is 11.4 Å². The number of carbonyl (C=O) groups is 2. The molecule has 2 aliphatic rings. The van der Waals surface area contributed by atoms with Crippen LogP contribution in [0.5, 0.6) is 5.75 Å². The van der Waals surface area contributed by atoms with E-state index >= 15 is 0 Å². The van der Waals surface area contributed by atoms with Crippen LogP contribution in [0.15, 0.2) is 29.2 Å². The van der Waals surface area contributed by atoms with Crippen LogP contribution in [-0.2, 0) is 13.1 Å². The number of carbonyl (C=O) groups excluding carboxylic acids is 2. The predicted molar refractivity (Wildman–Crippen MR) is 116 cm³/mol. The van der Waals surface area contributed by atoms with Crippen molar-refractivity contribution in [2.24, 2.45) is 0 Å². The Labute approximate surface area is 189 Å². The third-order valence-corrected chi connectivity index (χ3v) is 6.12. The van der Waals surface area contributed by atoms with Gasteiger partial charge in [-0.05, 0) is 25.5 Å². The van der Waals surface area contributed by atoms with E-state index in [9.17, 15) is 28.3 Å². The van der Waals surface area contributed by atoms with Crippen molar-refractivity contribution in [2.75, 3.05) is 13.1 Å². The molecule has 0 bridgehead atoms. The van der Waals surface area contributed by atoms with Crippen molar-refractivity contribution in [3.05, 3.63) is 63.1 Å². The Bertz CT molecular complexity index is 1130. The van der Waals surface area contributed by atoms with Gasteiger partial charge in [-0.15, -0.1) is 0 Å². The minimum atomic E-state index is -0.973. The molecule has 4 rings (SSSR count). The molecule has 3 heterocycles. The zero-order valence-corrected chi connectivity index (χ0v) is 18.1. The van der Waals surface area contributed by atoms with Crippen molar-refractivity contribution in [3.63, 3.8) is 0 Å². The van der Waals surface area contributed by atoms with E-state index in [-0.39, 0.29) is 36.1 Å². The van der Waals surface area contributed by atoms with Gasteiger partial charge in [0.05, 0.1) is 6.54 Å². The first-order valence-electron chi connectivity index (χ1n) is 11.1. The molecule has 1 aromatic heterocycles. The lowest BCUT2D eigenvalue weighted by Gasteiger charge is -2.39. The van der Waals surface area contributed by atoms with Crippen LogP contribution in [0.25, 0.3) is 0 Å². The average molecular weight is 460 g/mol. The number of amides is 2. The van der Waals surface area contributed by atoms with Crippen molar-refractivity contribution in [1.29, 1.82) is 0 Å². The quantitative estimate of drug-likeness (QED) is 0.651. The minimum absolute atomic E-state index is 0.0450. The van der Waals surface area contributed by atoms with Crippen LogP contribution in [-0.4, -0.2) is 45.6 Å². The van der Waals surface area contributed by atoms with E-state index in [4.69, 9.17) is 0 Å². The van der Waals surface area contributed by atoms with Gasteiger partial charge in [0.1, 0.15) is 23.4 Å². The second kappa shape index (κ2) is 9.70. The molecule has 1 aromatic carbocycles. The van der Waals surface area contributed by atoms with Gasteiger partial charge in [-0.25, -0.2) is 8.78 Å². The second-order valence-electron chi connectivity index (χ2n) is 8.38. The summed E-state index contributed by atoms with van der Waals surface area (Å²) < 4.78 is 28.3. The van der Waals surface area contributed by atoms with E-state index in [1.54, 1.807) is 4.90 Å². The number of aromatic nitrogens is 1. The molecule has 0 unspecified atom stereocenters. The Morgan fingerprint density at radius 3 is 2.70 bits per heavy atom. The first-order chi connectivity index (χ1) is 15.9. The van der Waals surface area contributed by atoms with Crippen LogP contribution in [0.1, 0.15) is 58.5 Å². The molecule has 2 aliphatic heterocycles. The van der Waals surface area contributed by atoms with E-state index in [0.717, 1.165) is 44.7 Å². The Balaban J connectivity index is 1.59. The number of nitrogens with zero attached hydrogens (tertiary/aromatic N) is 2. The number of halogens is 2. The third-order valence-electron chi connectivity index (χ3n) is 6.12. The van der Waals surface area contributed by atoms with Crippen LogP contribution in [0.4, 0.5) is 8.78 Å². The van der Waals surface area contributed by atoms with Crippen molar-refractivity contribution >= 4 is 11.8 Å². The molecule has 1 fully saturated rings. The Morgan fingerprint density at radius 1 is 1.15 bits per heavy atom. The zero-order chi connectivity index (χ0) is 23.5. The molecule has 2 amide bonds. The number of aromatic hydroxyl groups is 1. The zero-order valence-electron chi connectivity index (χ0n) is 18.1. The first kappa shape index (κ1) is 22.9. The van der Waals surface area contributed by atoms with E-state index < -0.39 is 34.6 Å². The standard InChI is InChI=1S/C23H26F2N4O4/c24-15-7-6-14(17(25)10-15)11-27-22(32)16-12-28-13-18-26-8-4-2-1-3-5-9-29(18)23(33)19(28)21(31)20(16)30/h6-7,10,12,18,26,31H,1-5,8-9,11,13H2,(H,27,32)/t18-/m1/s1. The number of fused-ring (bicyclic) bond motifs is 2. The molecule has 0 radical (unpaired) electrons. The Kier molecular flexibility index (Phi) is 6.73. The van der Waals surface area contributed by atoms with Crippen molar-refractivity contribution < 1.29 is 23.5 Å². The van der Waals surface area contributed by atoms with Gasteiger partial charge in [0, 0.05) is 30.9 Å². The third kappa shape index (κ3) is 4.75. The van der Waals surface area contributed by atoms with Crippen LogP contribution in [0.2, 0.25) is 0 Å². The molecule has 8 nitrogen and oxygen atoms in total. The fourth-order valence-corrected chi connectivity index (χ4v) is 4.32. The maximum Gasteiger partial charge on any atom is 0.275 e.